The van der Waals surface area contributed by atoms with Crippen LogP contribution < -0.4 is 10.6 Å². The van der Waals surface area contributed by atoms with E-state index in [0.29, 0.717) is 17.1 Å². The van der Waals surface area contributed by atoms with Gasteiger partial charge < -0.3 is 10.6 Å². The average molecular weight is 315 g/mol. The van der Waals surface area contributed by atoms with Crippen molar-refractivity contribution in [3.05, 3.63) is 34.1 Å². The second-order valence-corrected chi connectivity index (χ2v) is 5.29. The molecule has 1 aliphatic heterocycles. The topological polar surface area (TPSA) is 41.1 Å². The number of hydrogen-bond donors (Lipinski definition) is 2. The van der Waals surface area contributed by atoms with Gasteiger partial charge in [-0.1, -0.05) is 6.07 Å². The molecule has 18 heavy (non-hydrogen) atoms. The summed E-state index contributed by atoms with van der Waals surface area (Å²) in [5.41, 5.74) is 0.0868. The number of nitrogens with one attached hydrogen (secondary N) is 2. The molecule has 0 saturated carbocycles. The number of carbonyl (C=O) groups excluding carboxylic acids is 1. The van der Waals surface area contributed by atoms with Crippen molar-refractivity contribution in [3.8, 4) is 0 Å². The Balaban J connectivity index is 1.85. The van der Waals surface area contributed by atoms with Gasteiger partial charge in [0.15, 0.2) is 0 Å². The smallest absolute Gasteiger partial charge is 0.254 e. The number of rotatable bonds is 4. The first-order valence-electron chi connectivity index (χ1n) is 6.14. The lowest BCUT2D eigenvalue weighted by Crippen LogP contribution is -2.31. The van der Waals surface area contributed by atoms with E-state index in [1.807, 2.05) is 0 Å². The molecule has 0 radical (unpaired) electrons. The van der Waals surface area contributed by atoms with Crippen LogP contribution in [-0.2, 0) is 0 Å². The van der Waals surface area contributed by atoms with Crippen LogP contribution in [0.25, 0.3) is 0 Å². The molecular weight excluding hydrogens is 299 g/mol. The van der Waals surface area contributed by atoms with Crippen LogP contribution in [0.2, 0.25) is 0 Å². The molecule has 1 amide bonds. The van der Waals surface area contributed by atoms with Gasteiger partial charge in [0, 0.05) is 12.6 Å². The second kappa shape index (κ2) is 6.29. The standard InChI is InChI=1S/C13H16BrFN2O/c14-11-5-1-4-10(12(11)15)13(18)17-8-6-9-3-2-7-16-9/h1,4-5,9,16H,2-3,6-8H2,(H,17,18)/t9-/m0/s1. The van der Waals surface area contributed by atoms with Gasteiger partial charge in [0.1, 0.15) is 5.82 Å². The van der Waals surface area contributed by atoms with E-state index < -0.39 is 5.82 Å². The van der Waals surface area contributed by atoms with Crippen molar-refractivity contribution < 1.29 is 9.18 Å². The molecule has 1 heterocycles. The number of halogens is 2. The van der Waals surface area contributed by atoms with Crippen molar-refractivity contribution in [1.29, 1.82) is 0 Å². The van der Waals surface area contributed by atoms with Crippen LogP contribution in [0.5, 0.6) is 0 Å². The lowest BCUT2D eigenvalue weighted by molar-refractivity contribution is 0.0948. The Kier molecular flexibility index (Phi) is 4.72. The normalized spacial score (nSPS) is 18.9. The molecular formula is C13H16BrFN2O. The van der Waals surface area contributed by atoms with Gasteiger partial charge >= 0.3 is 0 Å². The highest BCUT2D eigenvalue weighted by Gasteiger charge is 2.16. The molecule has 1 aliphatic rings. The van der Waals surface area contributed by atoms with Crippen molar-refractivity contribution in [1.82, 2.24) is 10.6 Å². The second-order valence-electron chi connectivity index (χ2n) is 4.44. The van der Waals surface area contributed by atoms with Crippen molar-refractivity contribution in [2.45, 2.75) is 25.3 Å². The Bertz CT molecular complexity index is 433. The molecule has 3 nitrogen and oxygen atoms in total. The predicted octanol–water partition coefficient (Wildman–Crippen LogP) is 2.46. The molecule has 2 rings (SSSR count). The molecule has 0 aromatic heterocycles. The van der Waals surface area contributed by atoms with Crippen LogP contribution in [-0.4, -0.2) is 25.0 Å². The average Bonchev–Trinajstić information content (AvgIpc) is 2.85. The predicted molar refractivity (Wildman–Crippen MR) is 72.1 cm³/mol. The molecule has 5 heteroatoms. The Morgan fingerprint density at radius 2 is 2.39 bits per heavy atom. The molecule has 2 N–H and O–H groups in total. The van der Waals surface area contributed by atoms with Gasteiger partial charge in [0.05, 0.1) is 10.0 Å². The lowest BCUT2D eigenvalue weighted by atomic mass is 10.1. The summed E-state index contributed by atoms with van der Waals surface area (Å²) in [6.45, 7) is 1.63. The summed E-state index contributed by atoms with van der Waals surface area (Å²) in [7, 11) is 0. The highest BCUT2D eigenvalue weighted by atomic mass is 79.9. The van der Waals surface area contributed by atoms with Gasteiger partial charge in [-0.2, -0.15) is 0 Å². The molecule has 98 valence electrons. The fraction of sp³-hybridized carbons (Fsp3) is 0.462. The van der Waals surface area contributed by atoms with E-state index in [0.717, 1.165) is 19.4 Å². The SMILES string of the molecule is O=C(NCC[C@@H]1CCCN1)c1cccc(Br)c1F. The van der Waals surface area contributed by atoms with Gasteiger partial charge in [-0.3, -0.25) is 4.79 Å². The monoisotopic (exact) mass is 314 g/mol. The van der Waals surface area contributed by atoms with Crippen LogP contribution in [0.15, 0.2) is 22.7 Å². The first-order chi connectivity index (χ1) is 8.68. The van der Waals surface area contributed by atoms with E-state index in [4.69, 9.17) is 0 Å². The van der Waals surface area contributed by atoms with Crippen LogP contribution in [0.4, 0.5) is 4.39 Å². The zero-order chi connectivity index (χ0) is 13.0. The third-order valence-corrected chi connectivity index (χ3v) is 3.75. The number of benzene rings is 1. The van der Waals surface area contributed by atoms with Gasteiger partial charge in [0.2, 0.25) is 0 Å². The first-order valence-corrected chi connectivity index (χ1v) is 6.93. The molecule has 1 atom stereocenters. The minimum Gasteiger partial charge on any atom is -0.352 e. The Morgan fingerprint density at radius 3 is 3.11 bits per heavy atom. The minimum atomic E-state index is -0.506. The number of amides is 1. The van der Waals surface area contributed by atoms with E-state index in [2.05, 4.69) is 26.6 Å². The third kappa shape index (κ3) is 3.29. The van der Waals surface area contributed by atoms with Crippen molar-refractivity contribution in [3.63, 3.8) is 0 Å². The molecule has 0 aliphatic carbocycles. The molecule has 1 aromatic carbocycles. The minimum absolute atomic E-state index is 0.0868. The summed E-state index contributed by atoms with van der Waals surface area (Å²) in [5.74, 6) is -0.860. The summed E-state index contributed by atoms with van der Waals surface area (Å²) in [4.78, 5) is 11.8. The first kappa shape index (κ1) is 13.5. The van der Waals surface area contributed by atoms with Crippen molar-refractivity contribution in [2.24, 2.45) is 0 Å². The molecule has 1 aromatic rings. The Morgan fingerprint density at radius 1 is 1.56 bits per heavy atom. The van der Waals surface area contributed by atoms with E-state index in [9.17, 15) is 9.18 Å². The Labute approximate surface area is 114 Å². The maximum atomic E-state index is 13.7. The zero-order valence-corrected chi connectivity index (χ0v) is 11.6. The highest BCUT2D eigenvalue weighted by molar-refractivity contribution is 9.10. The third-order valence-electron chi connectivity index (χ3n) is 3.14. The van der Waals surface area contributed by atoms with Crippen molar-refractivity contribution >= 4 is 21.8 Å². The Hall–Kier alpha value is -0.940. The van der Waals surface area contributed by atoms with Gasteiger partial charge in [-0.25, -0.2) is 4.39 Å². The molecule has 0 spiro atoms. The van der Waals surface area contributed by atoms with E-state index >= 15 is 0 Å². The van der Waals surface area contributed by atoms with E-state index in [1.54, 1.807) is 12.1 Å². The van der Waals surface area contributed by atoms with Gasteiger partial charge in [-0.15, -0.1) is 0 Å². The van der Waals surface area contributed by atoms with Crippen molar-refractivity contribution in [2.75, 3.05) is 13.1 Å². The van der Waals surface area contributed by atoms with Crippen LogP contribution in [0.3, 0.4) is 0 Å². The lowest BCUT2D eigenvalue weighted by Gasteiger charge is -2.11. The molecule has 0 bridgehead atoms. The maximum absolute atomic E-state index is 13.7. The number of carbonyl (C=O) groups is 1. The summed E-state index contributed by atoms with van der Waals surface area (Å²) in [5, 5.41) is 6.11. The van der Waals surface area contributed by atoms with Gasteiger partial charge in [-0.05, 0) is 53.9 Å². The molecule has 1 fully saturated rings. The fourth-order valence-electron chi connectivity index (χ4n) is 2.14. The van der Waals surface area contributed by atoms with Gasteiger partial charge in [0.25, 0.3) is 5.91 Å². The molecule has 0 unspecified atom stereocenters. The van der Waals surface area contributed by atoms with Crippen LogP contribution in [0, 0.1) is 5.82 Å². The maximum Gasteiger partial charge on any atom is 0.254 e. The van der Waals surface area contributed by atoms with Crippen LogP contribution in [0.1, 0.15) is 29.6 Å². The highest BCUT2D eigenvalue weighted by Crippen LogP contribution is 2.18. The largest absolute Gasteiger partial charge is 0.352 e. The summed E-state index contributed by atoms with van der Waals surface area (Å²) >= 11 is 3.07. The van der Waals surface area contributed by atoms with E-state index in [-0.39, 0.29) is 11.5 Å². The quantitative estimate of drug-likeness (QED) is 0.896. The summed E-state index contributed by atoms with van der Waals surface area (Å²) in [6, 6.07) is 5.20. The molecule has 1 saturated heterocycles. The summed E-state index contributed by atoms with van der Waals surface area (Å²) in [6.07, 6.45) is 3.24. The zero-order valence-electron chi connectivity index (χ0n) is 10.0. The fourth-order valence-corrected chi connectivity index (χ4v) is 2.50. The van der Waals surface area contributed by atoms with Crippen LogP contribution >= 0.6 is 15.9 Å². The summed E-state index contributed by atoms with van der Waals surface area (Å²) < 4.78 is 14.0. The van der Waals surface area contributed by atoms with E-state index in [1.165, 1.54) is 12.5 Å². The number of hydrogen-bond acceptors (Lipinski definition) is 2.